The Labute approximate surface area is 96.9 Å². The summed E-state index contributed by atoms with van der Waals surface area (Å²) in [7, 11) is 3.08. The lowest BCUT2D eigenvalue weighted by molar-refractivity contribution is -0.141. The third kappa shape index (κ3) is 6.40. The van der Waals surface area contributed by atoms with Crippen molar-refractivity contribution in [2.24, 2.45) is 5.73 Å². The molecule has 5 nitrogen and oxygen atoms in total. The average Bonchev–Trinajstić information content (AvgIpc) is 2.28. The zero-order valence-corrected chi connectivity index (χ0v) is 10.4. The Morgan fingerprint density at radius 1 is 1.44 bits per heavy atom. The summed E-state index contributed by atoms with van der Waals surface area (Å²) in [6.45, 7) is 2.51. The number of rotatable bonds is 7. The fourth-order valence-electron chi connectivity index (χ4n) is 1.21. The smallest absolute Gasteiger partial charge is 0.305 e. The number of hydrogen-bond donors (Lipinski definition) is 1. The number of amides is 1. The van der Waals surface area contributed by atoms with Gasteiger partial charge in [0.1, 0.15) is 0 Å². The van der Waals surface area contributed by atoms with Crippen LogP contribution < -0.4 is 5.73 Å². The van der Waals surface area contributed by atoms with Gasteiger partial charge >= 0.3 is 5.97 Å². The zero-order valence-electron chi connectivity index (χ0n) is 10.4. The van der Waals surface area contributed by atoms with Gasteiger partial charge in [-0.05, 0) is 12.8 Å². The largest absolute Gasteiger partial charge is 0.469 e. The normalized spacial score (nSPS) is 12.0. The second-order valence-electron chi connectivity index (χ2n) is 3.87. The topological polar surface area (TPSA) is 72.6 Å². The Kier molecular flexibility index (Phi) is 7.54. The first-order valence-electron chi connectivity index (χ1n) is 5.57. The Bertz CT molecular complexity index is 231. The minimum absolute atomic E-state index is 0.0271. The summed E-state index contributed by atoms with van der Waals surface area (Å²) in [6, 6.07) is -0.0736. The van der Waals surface area contributed by atoms with Gasteiger partial charge in [0, 0.05) is 32.5 Å². The minimum Gasteiger partial charge on any atom is -0.469 e. The third-order valence-electron chi connectivity index (χ3n) is 2.49. The lowest BCUT2D eigenvalue weighted by Crippen LogP contribution is -2.33. The first kappa shape index (κ1) is 14.9. The summed E-state index contributed by atoms with van der Waals surface area (Å²) in [4.78, 5) is 24.0. The molecule has 0 aliphatic rings. The zero-order chi connectivity index (χ0) is 12.6. The van der Waals surface area contributed by atoms with Crippen molar-refractivity contribution in [2.45, 2.75) is 38.6 Å². The van der Waals surface area contributed by atoms with Gasteiger partial charge in [0.05, 0.1) is 7.11 Å². The highest BCUT2D eigenvalue weighted by molar-refractivity contribution is 5.76. The van der Waals surface area contributed by atoms with Crippen LogP contribution in [0.4, 0.5) is 0 Å². The highest BCUT2D eigenvalue weighted by Gasteiger charge is 2.12. The van der Waals surface area contributed by atoms with Crippen molar-refractivity contribution in [3.05, 3.63) is 0 Å². The summed E-state index contributed by atoms with van der Waals surface area (Å²) < 4.78 is 4.51. The van der Waals surface area contributed by atoms with Crippen LogP contribution >= 0.6 is 0 Å². The van der Waals surface area contributed by atoms with E-state index in [1.54, 1.807) is 11.9 Å². The van der Waals surface area contributed by atoms with Crippen LogP contribution in [0.5, 0.6) is 0 Å². The molecule has 0 aliphatic heterocycles. The molecule has 0 aliphatic carbocycles. The van der Waals surface area contributed by atoms with E-state index >= 15 is 0 Å². The lowest BCUT2D eigenvalue weighted by atomic mass is 10.1. The monoisotopic (exact) mass is 230 g/mol. The molecule has 5 heteroatoms. The SMILES string of the molecule is CCC(N)CC(=O)N(C)CCCC(=O)OC. The molecule has 2 N–H and O–H groups in total. The van der Waals surface area contributed by atoms with E-state index < -0.39 is 0 Å². The van der Waals surface area contributed by atoms with Crippen LogP contribution in [-0.4, -0.2) is 43.5 Å². The van der Waals surface area contributed by atoms with E-state index in [9.17, 15) is 9.59 Å². The summed E-state index contributed by atoms with van der Waals surface area (Å²) in [5.41, 5.74) is 5.69. The second kappa shape index (κ2) is 8.10. The third-order valence-corrected chi connectivity index (χ3v) is 2.49. The summed E-state index contributed by atoms with van der Waals surface area (Å²) in [5, 5.41) is 0. The van der Waals surface area contributed by atoms with Crippen molar-refractivity contribution in [3.63, 3.8) is 0 Å². The second-order valence-corrected chi connectivity index (χ2v) is 3.87. The fraction of sp³-hybridized carbons (Fsp3) is 0.818. The van der Waals surface area contributed by atoms with E-state index in [1.807, 2.05) is 6.92 Å². The first-order valence-corrected chi connectivity index (χ1v) is 5.57. The van der Waals surface area contributed by atoms with Gasteiger partial charge < -0.3 is 15.4 Å². The maximum atomic E-state index is 11.6. The van der Waals surface area contributed by atoms with E-state index in [0.717, 1.165) is 6.42 Å². The molecule has 0 spiro atoms. The number of esters is 1. The van der Waals surface area contributed by atoms with Crippen LogP contribution in [0.15, 0.2) is 0 Å². The minimum atomic E-state index is -0.244. The van der Waals surface area contributed by atoms with E-state index in [1.165, 1.54) is 7.11 Å². The molecular formula is C11H22N2O3. The van der Waals surface area contributed by atoms with E-state index in [0.29, 0.717) is 25.8 Å². The van der Waals surface area contributed by atoms with Gasteiger partial charge in [-0.2, -0.15) is 0 Å². The molecule has 0 fully saturated rings. The van der Waals surface area contributed by atoms with Crippen LogP contribution in [0.1, 0.15) is 32.6 Å². The molecule has 0 heterocycles. The first-order chi connectivity index (χ1) is 7.51. The number of ether oxygens (including phenoxy) is 1. The maximum absolute atomic E-state index is 11.6. The number of carbonyl (C=O) groups is 2. The van der Waals surface area contributed by atoms with Gasteiger partial charge in [0.2, 0.25) is 5.91 Å². The lowest BCUT2D eigenvalue weighted by Gasteiger charge is -2.18. The van der Waals surface area contributed by atoms with Crippen molar-refractivity contribution in [3.8, 4) is 0 Å². The van der Waals surface area contributed by atoms with Crippen molar-refractivity contribution in [2.75, 3.05) is 20.7 Å². The van der Waals surface area contributed by atoms with Crippen LogP contribution in [-0.2, 0) is 14.3 Å². The highest BCUT2D eigenvalue weighted by Crippen LogP contribution is 2.01. The van der Waals surface area contributed by atoms with E-state index in [2.05, 4.69) is 4.74 Å². The van der Waals surface area contributed by atoms with Gasteiger partial charge in [-0.15, -0.1) is 0 Å². The molecule has 0 saturated carbocycles. The summed E-state index contributed by atoms with van der Waals surface area (Å²) in [6.07, 6.45) is 2.12. The Hall–Kier alpha value is -1.10. The van der Waals surface area contributed by atoms with Crippen LogP contribution in [0.2, 0.25) is 0 Å². The fourth-order valence-corrected chi connectivity index (χ4v) is 1.21. The van der Waals surface area contributed by atoms with Gasteiger partial charge in [0.25, 0.3) is 0 Å². The molecule has 0 aromatic carbocycles. The molecule has 16 heavy (non-hydrogen) atoms. The molecule has 94 valence electrons. The molecular weight excluding hydrogens is 208 g/mol. The van der Waals surface area contributed by atoms with Crippen molar-refractivity contribution >= 4 is 11.9 Å². The maximum Gasteiger partial charge on any atom is 0.305 e. The molecule has 0 saturated heterocycles. The molecule has 0 aromatic heterocycles. The Balaban J connectivity index is 3.75. The van der Waals surface area contributed by atoms with Gasteiger partial charge in [-0.25, -0.2) is 0 Å². The number of hydrogen-bond acceptors (Lipinski definition) is 4. The number of nitrogens with two attached hydrogens (primary N) is 1. The molecule has 0 rings (SSSR count). The van der Waals surface area contributed by atoms with Gasteiger partial charge in [-0.3, -0.25) is 9.59 Å². The molecule has 0 radical (unpaired) electrons. The summed E-state index contributed by atoms with van der Waals surface area (Å²) in [5.74, 6) is -0.217. The van der Waals surface area contributed by atoms with E-state index in [-0.39, 0.29) is 17.9 Å². The predicted molar refractivity (Wildman–Crippen MR) is 61.8 cm³/mol. The molecule has 0 bridgehead atoms. The van der Waals surface area contributed by atoms with Crippen molar-refractivity contribution < 1.29 is 14.3 Å². The molecule has 1 amide bonds. The van der Waals surface area contributed by atoms with Crippen LogP contribution in [0.3, 0.4) is 0 Å². The quantitative estimate of drug-likeness (QED) is 0.647. The van der Waals surface area contributed by atoms with Gasteiger partial charge in [0.15, 0.2) is 0 Å². The van der Waals surface area contributed by atoms with Crippen LogP contribution in [0.25, 0.3) is 0 Å². The molecule has 1 atom stereocenters. The summed E-state index contributed by atoms with van der Waals surface area (Å²) >= 11 is 0. The highest BCUT2D eigenvalue weighted by atomic mass is 16.5. The van der Waals surface area contributed by atoms with Crippen LogP contribution in [0, 0.1) is 0 Å². The van der Waals surface area contributed by atoms with E-state index in [4.69, 9.17) is 5.73 Å². The van der Waals surface area contributed by atoms with Crippen molar-refractivity contribution in [1.82, 2.24) is 4.90 Å². The standard InChI is InChI=1S/C11H22N2O3/c1-4-9(12)8-10(14)13(2)7-5-6-11(15)16-3/h9H,4-8,12H2,1-3H3. The molecule has 1 unspecified atom stereocenters. The number of carbonyl (C=O) groups excluding carboxylic acids is 2. The van der Waals surface area contributed by atoms with Gasteiger partial charge in [-0.1, -0.05) is 6.92 Å². The number of methoxy groups -OCH3 is 1. The molecule has 0 aromatic rings. The Morgan fingerprint density at radius 2 is 2.06 bits per heavy atom. The Morgan fingerprint density at radius 3 is 2.56 bits per heavy atom. The number of nitrogens with zero attached hydrogens (tertiary/aromatic N) is 1. The van der Waals surface area contributed by atoms with Crippen molar-refractivity contribution in [1.29, 1.82) is 0 Å². The average molecular weight is 230 g/mol. The predicted octanol–water partition coefficient (Wildman–Crippen LogP) is 0.525.